The van der Waals surface area contributed by atoms with E-state index in [1.165, 1.54) is 18.4 Å². The Kier molecular flexibility index (Phi) is 4.90. The van der Waals surface area contributed by atoms with Gasteiger partial charge in [-0.3, -0.25) is 5.43 Å². The van der Waals surface area contributed by atoms with E-state index in [1.807, 2.05) is 30.3 Å². The van der Waals surface area contributed by atoms with E-state index in [0.29, 0.717) is 10.9 Å². The molecule has 0 bridgehead atoms. The molecule has 0 saturated carbocycles. The number of fused-ring (bicyclic) bond motifs is 1. The SMILES string of the molecule is CS(=O)(=O)c1ccc(-c2[nH]c3ccc(F)cc3c2C=NNc2ccccc2)cc1. The second kappa shape index (κ2) is 7.52. The molecule has 5 nitrogen and oxygen atoms in total. The molecule has 0 atom stereocenters. The zero-order chi connectivity index (χ0) is 20.4. The molecular formula is C22H18FN3O2S. The lowest BCUT2D eigenvalue weighted by atomic mass is 10.1. The van der Waals surface area contributed by atoms with Crippen molar-refractivity contribution in [2.75, 3.05) is 11.7 Å². The summed E-state index contributed by atoms with van der Waals surface area (Å²) in [5.41, 5.74) is 6.74. The predicted molar refractivity (Wildman–Crippen MR) is 114 cm³/mol. The second-order valence-electron chi connectivity index (χ2n) is 6.64. The van der Waals surface area contributed by atoms with Crippen molar-refractivity contribution in [3.05, 3.63) is 84.2 Å². The van der Waals surface area contributed by atoms with Crippen molar-refractivity contribution in [1.29, 1.82) is 0 Å². The molecule has 0 unspecified atom stereocenters. The number of anilines is 1. The van der Waals surface area contributed by atoms with E-state index in [4.69, 9.17) is 0 Å². The molecule has 0 aliphatic carbocycles. The lowest BCUT2D eigenvalue weighted by Crippen LogP contribution is -1.96. The third-order valence-electron chi connectivity index (χ3n) is 4.53. The smallest absolute Gasteiger partial charge is 0.175 e. The van der Waals surface area contributed by atoms with Gasteiger partial charge >= 0.3 is 0 Å². The molecule has 0 fully saturated rings. The van der Waals surface area contributed by atoms with Gasteiger partial charge in [0.25, 0.3) is 0 Å². The van der Waals surface area contributed by atoms with Crippen molar-refractivity contribution in [2.45, 2.75) is 4.90 Å². The van der Waals surface area contributed by atoms with Gasteiger partial charge in [-0.25, -0.2) is 12.8 Å². The molecule has 0 amide bonds. The number of benzene rings is 3. The summed E-state index contributed by atoms with van der Waals surface area (Å²) in [5.74, 6) is -0.346. The van der Waals surface area contributed by atoms with Crippen LogP contribution in [0.15, 0.2) is 82.8 Å². The van der Waals surface area contributed by atoms with Crippen molar-refractivity contribution in [3.63, 3.8) is 0 Å². The van der Waals surface area contributed by atoms with Gasteiger partial charge in [-0.05, 0) is 48.0 Å². The van der Waals surface area contributed by atoms with E-state index < -0.39 is 9.84 Å². The van der Waals surface area contributed by atoms with Crippen LogP contribution in [0.1, 0.15) is 5.56 Å². The van der Waals surface area contributed by atoms with Gasteiger partial charge in [0.2, 0.25) is 0 Å². The number of nitrogens with one attached hydrogen (secondary N) is 2. The summed E-state index contributed by atoms with van der Waals surface area (Å²) in [7, 11) is -3.28. The van der Waals surface area contributed by atoms with E-state index in [9.17, 15) is 12.8 Å². The van der Waals surface area contributed by atoms with Crippen LogP contribution in [0.2, 0.25) is 0 Å². The molecule has 0 saturated heterocycles. The first-order valence-corrected chi connectivity index (χ1v) is 10.8. The summed E-state index contributed by atoms with van der Waals surface area (Å²) in [6.45, 7) is 0. The zero-order valence-corrected chi connectivity index (χ0v) is 16.4. The fourth-order valence-electron chi connectivity index (χ4n) is 3.10. The Bertz CT molecular complexity index is 1300. The van der Waals surface area contributed by atoms with E-state index in [1.54, 1.807) is 36.5 Å². The average molecular weight is 407 g/mol. The zero-order valence-electron chi connectivity index (χ0n) is 15.6. The highest BCUT2D eigenvalue weighted by Crippen LogP contribution is 2.30. The van der Waals surface area contributed by atoms with Crippen LogP contribution in [-0.4, -0.2) is 25.9 Å². The Hall–Kier alpha value is -3.45. The van der Waals surface area contributed by atoms with Crippen molar-refractivity contribution < 1.29 is 12.8 Å². The largest absolute Gasteiger partial charge is 0.354 e. The first-order chi connectivity index (χ1) is 13.9. The topological polar surface area (TPSA) is 74.3 Å². The molecule has 4 rings (SSSR count). The number of sulfone groups is 1. The maximum atomic E-state index is 13.9. The molecule has 2 N–H and O–H groups in total. The quantitative estimate of drug-likeness (QED) is 0.368. The number of aromatic amines is 1. The summed E-state index contributed by atoms with van der Waals surface area (Å²) < 4.78 is 37.3. The van der Waals surface area contributed by atoms with Crippen LogP contribution in [0.25, 0.3) is 22.2 Å². The number of halogens is 1. The van der Waals surface area contributed by atoms with Crippen LogP contribution >= 0.6 is 0 Å². The molecular weight excluding hydrogens is 389 g/mol. The third-order valence-corrected chi connectivity index (χ3v) is 5.66. The van der Waals surface area contributed by atoms with Crippen LogP contribution in [0.3, 0.4) is 0 Å². The van der Waals surface area contributed by atoms with Crippen molar-refractivity contribution in [1.82, 2.24) is 4.98 Å². The van der Waals surface area contributed by atoms with Gasteiger partial charge in [0.1, 0.15) is 5.82 Å². The van der Waals surface area contributed by atoms with Gasteiger partial charge in [0.15, 0.2) is 9.84 Å². The minimum Gasteiger partial charge on any atom is -0.354 e. The second-order valence-corrected chi connectivity index (χ2v) is 8.65. The minimum atomic E-state index is -3.28. The van der Waals surface area contributed by atoms with Crippen molar-refractivity contribution in [2.24, 2.45) is 5.10 Å². The molecule has 0 aliphatic rings. The highest BCUT2D eigenvalue weighted by molar-refractivity contribution is 7.90. The first kappa shape index (κ1) is 18.9. The van der Waals surface area contributed by atoms with Crippen LogP contribution < -0.4 is 5.43 Å². The number of hydrogen-bond donors (Lipinski definition) is 2. The molecule has 0 aliphatic heterocycles. The van der Waals surface area contributed by atoms with E-state index in [2.05, 4.69) is 15.5 Å². The molecule has 7 heteroatoms. The fourth-order valence-corrected chi connectivity index (χ4v) is 3.73. The summed E-state index contributed by atoms with van der Waals surface area (Å²) in [6, 6.07) is 20.5. The molecule has 1 heterocycles. The Morgan fingerprint density at radius 1 is 1.00 bits per heavy atom. The summed E-state index contributed by atoms with van der Waals surface area (Å²) >= 11 is 0. The highest BCUT2D eigenvalue weighted by atomic mass is 32.2. The van der Waals surface area contributed by atoms with Crippen LogP contribution in [0.4, 0.5) is 10.1 Å². The average Bonchev–Trinajstić information content (AvgIpc) is 3.06. The molecule has 1 aromatic heterocycles. The number of H-pyrrole nitrogens is 1. The van der Waals surface area contributed by atoms with Crippen molar-refractivity contribution in [3.8, 4) is 11.3 Å². The molecule has 0 spiro atoms. The minimum absolute atomic E-state index is 0.240. The molecule has 29 heavy (non-hydrogen) atoms. The summed E-state index contributed by atoms with van der Waals surface area (Å²) in [6.07, 6.45) is 2.80. The normalized spacial score (nSPS) is 11.9. The number of nitrogens with zero attached hydrogens (tertiary/aromatic N) is 1. The van der Waals surface area contributed by atoms with Crippen LogP contribution in [-0.2, 0) is 9.84 Å². The van der Waals surface area contributed by atoms with E-state index >= 15 is 0 Å². The Labute approximate surface area is 167 Å². The highest BCUT2D eigenvalue weighted by Gasteiger charge is 2.14. The van der Waals surface area contributed by atoms with Gasteiger partial charge in [0, 0.05) is 22.7 Å². The third kappa shape index (κ3) is 4.05. The van der Waals surface area contributed by atoms with Gasteiger partial charge < -0.3 is 4.98 Å². The molecule has 3 aromatic carbocycles. The Morgan fingerprint density at radius 3 is 2.41 bits per heavy atom. The van der Waals surface area contributed by atoms with E-state index in [-0.39, 0.29) is 10.7 Å². The molecule has 4 aromatic rings. The lowest BCUT2D eigenvalue weighted by molar-refractivity contribution is 0.602. The van der Waals surface area contributed by atoms with Gasteiger partial charge in [-0.1, -0.05) is 30.3 Å². The first-order valence-electron chi connectivity index (χ1n) is 8.88. The molecule has 146 valence electrons. The Balaban J connectivity index is 1.78. The summed E-state index contributed by atoms with van der Waals surface area (Å²) in [5, 5.41) is 4.98. The lowest BCUT2D eigenvalue weighted by Gasteiger charge is -2.04. The number of hydrogen-bond acceptors (Lipinski definition) is 4. The Morgan fingerprint density at radius 2 is 1.72 bits per heavy atom. The maximum Gasteiger partial charge on any atom is 0.175 e. The fraction of sp³-hybridized carbons (Fsp3) is 0.0455. The van der Waals surface area contributed by atoms with Gasteiger partial charge in [-0.15, -0.1) is 0 Å². The number of hydrazone groups is 1. The van der Waals surface area contributed by atoms with Crippen molar-refractivity contribution >= 4 is 32.6 Å². The van der Waals surface area contributed by atoms with Gasteiger partial charge in [0.05, 0.1) is 22.5 Å². The predicted octanol–water partition coefficient (Wildman–Crippen LogP) is 4.82. The summed E-state index contributed by atoms with van der Waals surface area (Å²) in [4.78, 5) is 3.52. The van der Waals surface area contributed by atoms with Crippen LogP contribution in [0, 0.1) is 5.82 Å². The van der Waals surface area contributed by atoms with Gasteiger partial charge in [-0.2, -0.15) is 5.10 Å². The van der Waals surface area contributed by atoms with E-state index in [0.717, 1.165) is 22.5 Å². The number of para-hydroxylation sites is 1. The number of aromatic nitrogens is 1. The molecule has 0 radical (unpaired) electrons. The standard InChI is InChI=1S/C22H18FN3O2S/c1-29(27,28)18-10-7-15(8-11-18)22-20(14-24-26-17-5-3-2-4-6-17)19-13-16(23)9-12-21(19)25-22/h2-14,25-26H,1H3. The van der Waals surface area contributed by atoms with Crippen LogP contribution in [0.5, 0.6) is 0 Å². The number of rotatable bonds is 5. The maximum absolute atomic E-state index is 13.9. The monoisotopic (exact) mass is 407 g/mol.